The zero-order chi connectivity index (χ0) is 17.1. The van der Waals surface area contributed by atoms with Crippen LogP contribution in [0, 0.1) is 5.92 Å². The Morgan fingerprint density at radius 1 is 1.46 bits per heavy atom. The average molecular weight is 347 g/mol. The van der Waals surface area contributed by atoms with E-state index in [9.17, 15) is 9.59 Å². The molecule has 7 heteroatoms. The summed E-state index contributed by atoms with van der Waals surface area (Å²) in [4.78, 5) is 26.8. The number of amides is 2. The van der Waals surface area contributed by atoms with Crippen LogP contribution >= 0.6 is 11.3 Å². The van der Waals surface area contributed by atoms with Gasteiger partial charge in [0.25, 0.3) is 11.8 Å². The molecular weight excluding hydrogens is 326 g/mol. The monoisotopic (exact) mass is 347 g/mol. The Kier molecular flexibility index (Phi) is 5.01. The quantitative estimate of drug-likeness (QED) is 0.890. The molecule has 0 bridgehead atoms. The molecule has 24 heavy (non-hydrogen) atoms. The summed E-state index contributed by atoms with van der Waals surface area (Å²) < 4.78 is 5.08. The van der Waals surface area contributed by atoms with E-state index in [1.54, 1.807) is 23.6 Å². The standard InChI is InChI=1S/C17H21N3O3S/c1-11(18)12-4-2-7-20(10-12)17(22)13-6-9-24-16(13)19-15(21)14-5-3-8-23-14/h3,5-6,8-9,11-12H,2,4,7,10,18H2,1H3,(H,19,21). The maximum absolute atomic E-state index is 12.8. The van der Waals surface area contributed by atoms with Crippen molar-refractivity contribution in [2.45, 2.75) is 25.8 Å². The minimum atomic E-state index is -0.358. The predicted octanol–water partition coefficient (Wildman–Crippen LogP) is 2.79. The lowest BCUT2D eigenvalue weighted by Crippen LogP contribution is -2.45. The fourth-order valence-electron chi connectivity index (χ4n) is 2.94. The van der Waals surface area contributed by atoms with Crippen LogP contribution in [0.5, 0.6) is 0 Å². The third-order valence-corrected chi connectivity index (χ3v) is 5.19. The first-order chi connectivity index (χ1) is 11.6. The van der Waals surface area contributed by atoms with Gasteiger partial charge in [-0.25, -0.2) is 0 Å². The van der Waals surface area contributed by atoms with Gasteiger partial charge in [0.05, 0.1) is 11.8 Å². The summed E-state index contributed by atoms with van der Waals surface area (Å²) in [7, 11) is 0. The van der Waals surface area contributed by atoms with Crippen LogP contribution in [0.2, 0.25) is 0 Å². The van der Waals surface area contributed by atoms with Gasteiger partial charge in [-0.1, -0.05) is 0 Å². The molecule has 3 rings (SSSR count). The molecule has 1 aliphatic rings. The summed E-state index contributed by atoms with van der Waals surface area (Å²) in [5.74, 6) is 0.124. The third kappa shape index (κ3) is 3.52. The smallest absolute Gasteiger partial charge is 0.291 e. The molecule has 3 N–H and O–H groups in total. The molecule has 128 valence electrons. The van der Waals surface area contributed by atoms with Crippen molar-refractivity contribution >= 4 is 28.2 Å². The number of hydrogen-bond acceptors (Lipinski definition) is 5. The summed E-state index contributed by atoms with van der Waals surface area (Å²) in [6, 6.07) is 5.06. The molecule has 0 aliphatic carbocycles. The van der Waals surface area contributed by atoms with Gasteiger partial charge in [-0.3, -0.25) is 9.59 Å². The van der Waals surface area contributed by atoms with E-state index >= 15 is 0 Å². The number of carbonyl (C=O) groups is 2. The Bertz CT molecular complexity index is 708. The average Bonchev–Trinajstić information content (AvgIpc) is 3.26. The van der Waals surface area contributed by atoms with Crippen molar-refractivity contribution in [3.63, 3.8) is 0 Å². The van der Waals surface area contributed by atoms with Crippen LogP contribution in [-0.4, -0.2) is 35.8 Å². The number of nitrogens with two attached hydrogens (primary N) is 1. The lowest BCUT2D eigenvalue weighted by atomic mass is 9.92. The van der Waals surface area contributed by atoms with Gasteiger partial charge in [0.15, 0.2) is 5.76 Å². The van der Waals surface area contributed by atoms with Crippen LogP contribution in [0.1, 0.15) is 40.7 Å². The Hall–Kier alpha value is -2.12. The van der Waals surface area contributed by atoms with Crippen molar-refractivity contribution in [2.75, 3.05) is 18.4 Å². The lowest BCUT2D eigenvalue weighted by Gasteiger charge is -2.34. The van der Waals surface area contributed by atoms with Gasteiger partial charge in [0.1, 0.15) is 5.00 Å². The number of piperidine rings is 1. The largest absolute Gasteiger partial charge is 0.459 e. The van der Waals surface area contributed by atoms with Gasteiger partial charge in [-0.2, -0.15) is 0 Å². The van der Waals surface area contributed by atoms with Crippen molar-refractivity contribution in [1.29, 1.82) is 0 Å². The Morgan fingerprint density at radius 2 is 2.29 bits per heavy atom. The first-order valence-corrected chi connectivity index (χ1v) is 8.91. The van der Waals surface area contributed by atoms with E-state index in [0.717, 1.165) is 19.4 Å². The SMILES string of the molecule is CC(N)C1CCCN(C(=O)c2ccsc2NC(=O)c2ccco2)C1. The number of nitrogens with one attached hydrogen (secondary N) is 1. The number of nitrogens with zero attached hydrogens (tertiary/aromatic N) is 1. The third-order valence-electron chi connectivity index (χ3n) is 4.36. The molecule has 0 spiro atoms. The molecule has 0 aromatic carbocycles. The Morgan fingerprint density at radius 3 is 3.00 bits per heavy atom. The zero-order valence-electron chi connectivity index (χ0n) is 13.5. The Balaban J connectivity index is 1.72. The molecule has 1 fully saturated rings. The zero-order valence-corrected chi connectivity index (χ0v) is 14.3. The summed E-state index contributed by atoms with van der Waals surface area (Å²) in [5, 5.41) is 5.11. The summed E-state index contributed by atoms with van der Waals surface area (Å²) in [6.45, 7) is 3.37. The maximum Gasteiger partial charge on any atom is 0.291 e. The number of carbonyl (C=O) groups excluding carboxylic acids is 2. The second-order valence-corrected chi connectivity index (χ2v) is 7.02. The molecule has 2 amide bonds. The molecule has 1 aliphatic heterocycles. The van der Waals surface area contributed by atoms with E-state index in [-0.39, 0.29) is 23.6 Å². The van der Waals surface area contributed by atoms with E-state index in [2.05, 4.69) is 5.32 Å². The van der Waals surface area contributed by atoms with E-state index in [0.29, 0.717) is 23.0 Å². The Labute approximate surface area is 144 Å². The highest BCUT2D eigenvalue weighted by molar-refractivity contribution is 7.14. The number of furan rings is 1. The minimum absolute atomic E-state index is 0.0589. The predicted molar refractivity (Wildman–Crippen MR) is 93.3 cm³/mol. The molecule has 2 aromatic heterocycles. The van der Waals surface area contributed by atoms with Crippen molar-refractivity contribution in [2.24, 2.45) is 11.7 Å². The van der Waals surface area contributed by atoms with Crippen LogP contribution in [0.3, 0.4) is 0 Å². The van der Waals surface area contributed by atoms with E-state index in [1.807, 2.05) is 11.8 Å². The van der Waals surface area contributed by atoms with Gasteiger partial charge in [0.2, 0.25) is 0 Å². The van der Waals surface area contributed by atoms with Crippen molar-refractivity contribution in [1.82, 2.24) is 4.90 Å². The second-order valence-electron chi connectivity index (χ2n) is 6.11. The highest BCUT2D eigenvalue weighted by Crippen LogP contribution is 2.28. The number of anilines is 1. The molecular formula is C17H21N3O3S. The molecule has 2 unspecified atom stereocenters. The molecule has 1 saturated heterocycles. The topological polar surface area (TPSA) is 88.6 Å². The molecule has 0 radical (unpaired) electrons. The number of rotatable bonds is 4. The molecule has 3 heterocycles. The molecule has 2 aromatic rings. The molecule has 6 nitrogen and oxygen atoms in total. The lowest BCUT2D eigenvalue weighted by molar-refractivity contribution is 0.0662. The first-order valence-electron chi connectivity index (χ1n) is 8.03. The fraction of sp³-hybridized carbons (Fsp3) is 0.412. The maximum atomic E-state index is 12.8. The number of thiophene rings is 1. The van der Waals surface area contributed by atoms with Crippen LogP contribution in [0.25, 0.3) is 0 Å². The molecule has 0 saturated carbocycles. The number of hydrogen-bond donors (Lipinski definition) is 2. The van der Waals surface area contributed by atoms with Crippen molar-refractivity contribution in [3.8, 4) is 0 Å². The van der Waals surface area contributed by atoms with Gasteiger partial charge in [-0.15, -0.1) is 11.3 Å². The van der Waals surface area contributed by atoms with Gasteiger partial charge < -0.3 is 20.4 Å². The molecule has 2 atom stereocenters. The van der Waals surface area contributed by atoms with Gasteiger partial charge in [0, 0.05) is 19.1 Å². The minimum Gasteiger partial charge on any atom is -0.459 e. The van der Waals surface area contributed by atoms with E-state index in [1.165, 1.54) is 17.6 Å². The van der Waals surface area contributed by atoms with Crippen LogP contribution in [0.15, 0.2) is 34.3 Å². The van der Waals surface area contributed by atoms with Crippen molar-refractivity contribution < 1.29 is 14.0 Å². The van der Waals surface area contributed by atoms with Gasteiger partial charge >= 0.3 is 0 Å². The van der Waals surface area contributed by atoms with Crippen LogP contribution in [0.4, 0.5) is 5.00 Å². The van der Waals surface area contributed by atoms with Crippen LogP contribution < -0.4 is 11.1 Å². The first kappa shape index (κ1) is 16.7. The van der Waals surface area contributed by atoms with E-state index < -0.39 is 0 Å². The highest BCUT2D eigenvalue weighted by Gasteiger charge is 2.28. The summed E-state index contributed by atoms with van der Waals surface area (Å²) >= 11 is 1.33. The van der Waals surface area contributed by atoms with E-state index in [4.69, 9.17) is 10.2 Å². The van der Waals surface area contributed by atoms with Gasteiger partial charge in [-0.05, 0) is 49.3 Å². The summed E-state index contributed by atoms with van der Waals surface area (Å²) in [5.41, 5.74) is 6.51. The number of likely N-dealkylation sites (tertiary alicyclic amines) is 1. The summed E-state index contributed by atoms with van der Waals surface area (Å²) in [6.07, 6.45) is 3.45. The normalized spacial score (nSPS) is 19.1. The highest BCUT2D eigenvalue weighted by atomic mass is 32.1. The van der Waals surface area contributed by atoms with Crippen molar-refractivity contribution in [3.05, 3.63) is 41.2 Å². The van der Waals surface area contributed by atoms with Crippen LogP contribution in [-0.2, 0) is 0 Å². The second kappa shape index (κ2) is 7.19. The fourth-order valence-corrected chi connectivity index (χ4v) is 3.72.